The number of alkyl halides is 2. The Bertz CT molecular complexity index is 346. The van der Waals surface area contributed by atoms with Crippen molar-refractivity contribution in [1.29, 1.82) is 5.26 Å². The van der Waals surface area contributed by atoms with Gasteiger partial charge in [-0.1, -0.05) is 0 Å². The summed E-state index contributed by atoms with van der Waals surface area (Å²) in [6, 6.07) is 0.686. The molecule has 0 aromatic rings. The first-order valence-electron chi connectivity index (χ1n) is 4.75. The van der Waals surface area contributed by atoms with Gasteiger partial charge < -0.3 is 10.6 Å². The van der Waals surface area contributed by atoms with E-state index >= 15 is 0 Å². The van der Waals surface area contributed by atoms with E-state index in [0.717, 1.165) is 4.90 Å². The summed E-state index contributed by atoms with van der Waals surface area (Å²) in [4.78, 5) is 12.6. The third kappa shape index (κ3) is 1.67. The lowest BCUT2D eigenvalue weighted by Gasteiger charge is -2.22. The fourth-order valence-corrected chi connectivity index (χ4v) is 1.78. The normalized spacial score (nSPS) is 31.1. The van der Waals surface area contributed by atoms with E-state index in [-0.39, 0.29) is 0 Å². The topological polar surface area (TPSA) is 70.1 Å². The second-order valence-corrected chi connectivity index (χ2v) is 4.29. The number of nitrogens with two attached hydrogens (primary N) is 1. The first-order valence-corrected chi connectivity index (χ1v) is 4.75. The molecule has 4 nitrogen and oxygen atoms in total. The van der Waals surface area contributed by atoms with Gasteiger partial charge in [0.1, 0.15) is 6.04 Å². The Balaban J connectivity index is 2.15. The van der Waals surface area contributed by atoms with Gasteiger partial charge in [-0.2, -0.15) is 5.26 Å². The smallest absolute Gasteiger partial charge is 0.268 e. The van der Waals surface area contributed by atoms with Crippen LogP contribution in [0.4, 0.5) is 8.78 Å². The van der Waals surface area contributed by atoms with Crippen LogP contribution in [0, 0.1) is 11.3 Å². The standard InChI is InChI=1S/C9H11F2N3O/c10-9(11)3-6(4-12)14(5-9)7(15)8(13)1-2-8/h6H,1-3,5,13H2. The molecular weight excluding hydrogens is 204 g/mol. The number of hydrogen-bond donors (Lipinski definition) is 1. The summed E-state index contributed by atoms with van der Waals surface area (Å²) < 4.78 is 26.0. The van der Waals surface area contributed by atoms with Crippen LogP contribution in [0.3, 0.4) is 0 Å². The highest BCUT2D eigenvalue weighted by molar-refractivity contribution is 5.89. The molecule has 1 saturated carbocycles. The predicted molar refractivity (Wildman–Crippen MR) is 46.8 cm³/mol. The summed E-state index contributed by atoms with van der Waals surface area (Å²) in [7, 11) is 0. The largest absolute Gasteiger partial charge is 0.319 e. The molecule has 1 saturated heterocycles. The highest BCUT2D eigenvalue weighted by Crippen LogP contribution is 2.39. The molecule has 1 aliphatic heterocycles. The van der Waals surface area contributed by atoms with Crippen molar-refractivity contribution in [3.05, 3.63) is 0 Å². The molecule has 1 amide bonds. The van der Waals surface area contributed by atoms with E-state index in [1.54, 1.807) is 6.07 Å². The average molecular weight is 215 g/mol. The van der Waals surface area contributed by atoms with Crippen molar-refractivity contribution in [2.24, 2.45) is 5.73 Å². The molecule has 2 rings (SSSR count). The van der Waals surface area contributed by atoms with Gasteiger partial charge in [-0.25, -0.2) is 8.78 Å². The van der Waals surface area contributed by atoms with Crippen LogP contribution in [0.1, 0.15) is 19.3 Å². The second kappa shape index (κ2) is 2.89. The Morgan fingerprint density at radius 3 is 2.60 bits per heavy atom. The zero-order valence-corrected chi connectivity index (χ0v) is 8.04. The minimum absolute atomic E-state index is 0.508. The number of nitriles is 1. The monoisotopic (exact) mass is 215 g/mol. The zero-order valence-electron chi connectivity index (χ0n) is 8.04. The predicted octanol–water partition coefficient (Wildman–Crippen LogP) is 0.237. The molecule has 0 radical (unpaired) electrons. The van der Waals surface area contributed by atoms with Gasteiger partial charge in [-0.3, -0.25) is 4.79 Å². The number of carbonyl (C=O) groups excluding carboxylic acids is 1. The van der Waals surface area contributed by atoms with Crippen LogP contribution in [0.5, 0.6) is 0 Å². The summed E-state index contributed by atoms with van der Waals surface area (Å²) in [6.45, 7) is -0.678. The molecule has 6 heteroatoms. The Kier molecular flexibility index (Phi) is 1.98. The average Bonchev–Trinajstić information content (AvgIpc) is 2.81. The highest BCUT2D eigenvalue weighted by Gasteiger charge is 2.55. The van der Waals surface area contributed by atoms with Gasteiger partial charge in [0.05, 0.1) is 18.2 Å². The van der Waals surface area contributed by atoms with Gasteiger partial charge >= 0.3 is 0 Å². The van der Waals surface area contributed by atoms with Crippen LogP contribution < -0.4 is 5.73 Å². The maximum Gasteiger partial charge on any atom is 0.268 e. The summed E-state index contributed by atoms with van der Waals surface area (Å²) >= 11 is 0. The van der Waals surface area contributed by atoms with Crippen molar-refractivity contribution in [2.45, 2.75) is 36.8 Å². The summed E-state index contributed by atoms with van der Waals surface area (Å²) in [6.07, 6.45) is 0.462. The van der Waals surface area contributed by atoms with Crippen LogP contribution >= 0.6 is 0 Å². The van der Waals surface area contributed by atoms with Crippen LogP contribution in [0.15, 0.2) is 0 Å². The van der Waals surface area contributed by atoms with Crippen molar-refractivity contribution in [1.82, 2.24) is 4.90 Å². The van der Waals surface area contributed by atoms with E-state index in [4.69, 9.17) is 11.0 Å². The van der Waals surface area contributed by atoms with Crippen molar-refractivity contribution >= 4 is 5.91 Å². The van der Waals surface area contributed by atoms with Crippen molar-refractivity contribution in [2.75, 3.05) is 6.54 Å². The first-order chi connectivity index (χ1) is 6.88. The molecular formula is C9H11F2N3O. The molecule has 1 unspecified atom stereocenters. The van der Waals surface area contributed by atoms with Crippen LogP contribution in [0.25, 0.3) is 0 Å². The number of amides is 1. The van der Waals surface area contributed by atoms with Gasteiger partial charge in [0.25, 0.3) is 5.92 Å². The van der Waals surface area contributed by atoms with Crippen molar-refractivity contribution < 1.29 is 13.6 Å². The second-order valence-electron chi connectivity index (χ2n) is 4.29. The first kappa shape index (κ1) is 10.3. The van der Waals surface area contributed by atoms with Crippen molar-refractivity contribution in [3.63, 3.8) is 0 Å². The molecule has 0 spiro atoms. The third-order valence-corrected chi connectivity index (χ3v) is 2.89. The molecule has 82 valence electrons. The molecule has 0 aromatic heterocycles. The van der Waals surface area contributed by atoms with Gasteiger partial charge in [-0.15, -0.1) is 0 Å². The van der Waals surface area contributed by atoms with Crippen LogP contribution in [-0.4, -0.2) is 34.9 Å². The molecule has 0 aromatic carbocycles. The number of nitrogens with zero attached hydrogens (tertiary/aromatic N) is 2. The molecule has 0 bridgehead atoms. The maximum absolute atomic E-state index is 13.0. The minimum atomic E-state index is -2.96. The Labute approximate surface area is 85.6 Å². The highest BCUT2D eigenvalue weighted by atomic mass is 19.3. The fraction of sp³-hybridized carbons (Fsp3) is 0.778. The minimum Gasteiger partial charge on any atom is -0.319 e. The van der Waals surface area contributed by atoms with Gasteiger partial charge in [0.15, 0.2) is 0 Å². The fourth-order valence-electron chi connectivity index (χ4n) is 1.78. The van der Waals surface area contributed by atoms with Crippen LogP contribution in [0.2, 0.25) is 0 Å². The Morgan fingerprint density at radius 1 is 1.53 bits per heavy atom. The summed E-state index contributed by atoms with van der Waals surface area (Å²) in [5.74, 6) is -3.47. The summed E-state index contributed by atoms with van der Waals surface area (Å²) in [5.41, 5.74) is 4.65. The lowest BCUT2D eigenvalue weighted by Crippen LogP contribution is -2.48. The van der Waals surface area contributed by atoms with Gasteiger partial charge in [-0.05, 0) is 12.8 Å². The molecule has 1 atom stereocenters. The van der Waals surface area contributed by atoms with E-state index in [0.29, 0.717) is 12.8 Å². The molecule has 2 aliphatic rings. The molecule has 15 heavy (non-hydrogen) atoms. The number of halogens is 2. The van der Waals surface area contributed by atoms with Crippen molar-refractivity contribution in [3.8, 4) is 6.07 Å². The third-order valence-electron chi connectivity index (χ3n) is 2.89. The maximum atomic E-state index is 13.0. The molecule has 2 fully saturated rings. The number of hydrogen-bond acceptors (Lipinski definition) is 3. The lowest BCUT2D eigenvalue weighted by molar-refractivity contribution is -0.134. The molecule has 2 N–H and O–H groups in total. The molecule has 1 heterocycles. The van der Waals surface area contributed by atoms with E-state index in [2.05, 4.69) is 0 Å². The number of carbonyl (C=O) groups is 1. The van der Waals surface area contributed by atoms with E-state index < -0.39 is 36.4 Å². The SMILES string of the molecule is N#CC1CC(F)(F)CN1C(=O)C1(N)CC1. The summed E-state index contributed by atoms with van der Waals surface area (Å²) in [5, 5.41) is 8.69. The van der Waals surface area contributed by atoms with E-state index in [1.807, 2.05) is 0 Å². The Morgan fingerprint density at radius 2 is 2.13 bits per heavy atom. The van der Waals surface area contributed by atoms with E-state index in [9.17, 15) is 13.6 Å². The van der Waals surface area contributed by atoms with Gasteiger partial charge in [0, 0.05) is 6.42 Å². The van der Waals surface area contributed by atoms with Crippen LogP contribution in [-0.2, 0) is 4.79 Å². The van der Waals surface area contributed by atoms with Gasteiger partial charge in [0.2, 0.25) is 5.91 Å². The number of rotatable bonds is 1. The zero-order chi connectivity index (χ0) is 11.3. The lowest BCUT2D eigenvalue weighted by atomic mass is 10.2. The molecule has 1 aliphatic carbocycles. The number of likely N-dealkylation sites (tertiary alicyclic amines) is 1. The Hall–Kier alpha value is -1.22. The quantitative estimate of drug-likeness (QED) is 0.681. The van der Waals surface area contributed by atoms with E-state index in [1.165, 1.54) is 0 Å².